The largest absolute Gasteiger partial charge is 0.480 e. The van der Waals surface area contributed by atoms with Crippen LogP contribution in [0.3, 0.4) is 0 Å². The van der Waals surface area contributed by atoms with Gasteiger partial charge in [0.1, 0.15) is 12.1 Å². The summed E-state index contributed by atoms with van der Waals surface area (Å²) in [4.78, 5) is 32.0. The quantitative estimate of drug-likeness (QED) is 0.500. The lowest BCUT2D eigenvalue weighted by Crippen LogP contribution is -2.45. The molecule has 0 aromatic rings. The van der Waals surface area contributed by atoms with Crippen molar-refractivity contribution in [2.45, 2.75) is 65.5 Å². The number of ether oxygens (including phenoxy) is 1. The average Bonchev–Trinajstić information content (AvgIpc) is 2.56. The minimum Gasteiger partial charge on any atom is -0.480 e. The molecule has 0 fully saturated rings. The molecule has 1 amide bonds. The fourth-order valence-corrected chi connectivity index (χ4v) is 2.33. The summed E-state index contributed by atoms with van der Waals surface area (Å²) in [5.74, 6) is -1.86. The Bertz CT molecular complexity index is 381. The maximum atomic E-state index is 10.9. The van der Waals surface area contributed by atoms with Gasteiger partial charge in [-0.1, -0.05) is 53.4 Å². The molecule has 0 rings (SSSR count). The summed E-state index contributed by atoms with van der Waals surface area (Å²) < 4.78 is 4.36. The lowest BCUT2D eigenvalue weighted by Gasteiger charge is -2.21. The molecule has 0 bridgehead atoms. The van der Waals surface area contributed by atoms with E-state index in [1.54, 1.807) is 0 Å². The molecule has 0 unspecified atom stereocenters. The van der Waals surface area contributed by atoms with Gasteiger partial charge in [0.15, 0.2) is 0 Å². The van der Waals surface area contributed by atoms with Gasteiger partial charge in [-0.3, -0.25) is 4.79 Å². The smallest absolute Gasteiger partial charge is 0.407 e. The second-order valence-electron chi connectivity index (χ2n) is 5.47. The molecule has 0 radical (unpaired) electrons. The predicted molar refractivity (Wildman–Crippen MR) is 90.7 cm³/mol. The molecule has 24 heavy (non-hydrogen) atoms. The first-order valence-corrected chi connectivity index (χ1v) is 8.25. The second kappa shape index (κ2) is 13.6. The Hall–Kier alpha value is -1.83. The maximum absolute atomic E-state index is 10.9. The molecule has 142 valence electrons. The summed E-state index contributed by atoms with van der Waals surface area (Å²) in [6.07, 6.45) is 2.38. The van der Waals surface area contributed by atoms with Crippen LogP contribution in [0.15, 0.2) is 0 Å². The third-order valence-corrected chi connectivity index (χ3v) is 4.09. The van der Waals surface area contributed by atoms with Crippen molar-refractivity contribution in [2.75, 3.05) is 7.11 Å². The number of hydrogen-bond donors (Lipinski definition) is 4. The topological polar surface area (TPSA) is 139 Å². The normalized spacial score (nSPS) is 12.8. The Kier molecular flexibility index (Phi) is 13.8. The number of nitrogens with one attached hydrogen (secondary N) is 1. The van der Waals surface area contributed by atoms with Crippen LogP contribution in [-0.2, 0) is 14.3 Å². The van der Waals surface area contributed by atoms with Crippen LogP contribution in [0.2, 0.25) is 0 Å². The zero-order valence-corrected chi connectivity index (χ0v) is 15.2. The minimum atomic E-state index is -1.02. The highest BCUT2D eigenvalue weighted by molar-refractivity contribution is 5.80. The van der Waals surface area contributed by atoms with Crippen LogP contribution in [0.25, 0.3) is 0 Å². The molecule has 0 aromatic carbocycles. The Morgan fingerprint density at radius 1 is 0.917 bits per heavy atom. The summed E-state index contributed by atoms with van der Waals surface area (Å²) in [5, 5.41) is 19.7. The molecule has 2 atom stereocenters. The van der Waals surface area contributed by atoms with Gasteiger partial charge in [-0.05, 0) is 11.8 Å². The van der Waals surface area contributed by atoms with Gasteiger partial charge < -0.3 is 26.0 Å². The van der Waals surface area contributed by atoms with Gasteiger partial charge in [-0.15, -0.1) is 0 Å². The molecule has 0 saturated carbocycles. The van der Waals surface area contributed by atoms with Gasteiger partial charge in [-0.2, -0.15) is 0 Å². The first-order valence-electron chi connectivity index (χ1n) is 8.25. The van der Waals surface area contributed by atoms with Crippen LogP contribution < -0.4 is 11.1 Å². The Balaban J connectivity index is 0. The minimum absolute atomic E-state index is 0.0633. The Morgan fingerprint density at radius 2 is 1.33 bits per heavy atom. The summed E-state index contributed by atoms with van der Waals surface area (Å²) in [7, 11) is 1.21. The highest BCUT2D eigenvalue weighted by Crippen LogP contribution is 2.13. The van der Waals surface area contributed by atoms with Gasteiger partial charge in [0.25, 0.3) is 0 Å². The number of amides is 1. The number of nitrogens with two attached hydrogens (primary N) is 1. The number of carboxylic acid groups (broad SMARTS) is 2. The number of carbonyl (C=O) groups is 3. The molecule has 5 N–H and O–H groups in total. The monoisotopic (exact) mass is 348 g/mol. The maximum Gasteiger partial charge on any atom is 0.407 e. The van der Waals surface area contributed by atoms with Crippen LogP contribution >= 0.6 is 0 Å². The zero-order chi connectivity index (χ0) is 19.3. The summed E-state index contributed by atoms with van der Waals surface area (Å²) in [6, 6.07) is -1.55. The highest BCUT2D eigenvalue weighted by Gasteiger charge is 2.27. The van der Waals surface area contributed by atoms with Crippen LogP contribution in [0.5, 0.6) is 0 Å². The average molecular weight is 348 g/mol. The third kappa shape index (κ3) is 9.34. The lowest BCUT2D eigenvalue weighted by molar-refractivity contribution is -0.141. The summed E-state index contributed by atoms with van der Waals surface area (Å²) in [5.41, 5.74) is 5.38. The summed E-state index contributed by atoms with van der Waals surface area (Å²) >= 11 is 0. The van der Waals surface area contributed by atoms with Crippen molar-refractivity contribution < 1.29 is 29.3 Å². The SMILES string of the molecule is CCC(CC)[C@H](N)C(=O)O.CCC(CC)[C@H](NC(=O)OC)C(=O)O. The van der Waals surface area contributed by atoms with E-state index < -0.39 is 30.1 Å². The number of hydrogen-bond acceptors (Lipinski definition) is 5. The summed E-state index contributed by atoms with van der Waals surface area (Å²) in [6.45, 7) is 7.69. The lowest BCUT2D eigenvalue weighted by atomic mass is 9.94. The Morgan fingerprint density at radius 3 is 1.54 bits per heavy atom. The Labute approximate surface area is 143 Å². The number of aliphatic carboxylic acids is 2. The van der Waals surface area contributed by atoms with Gasteiger partial charge in [0.05, 0.1) is 7.11 Å². The standard InChI is InChI=1S/C9H17NO4.C7H15NO2/c1-4-6(5-2)7(8(11)12)10-9(13)14-3;1-3-5(4-2)6(8)7(9)10/h6-7H,4-5H2,1-3H3,(H,10,13)(H,11,12);5-6H,3-4,8H2,1-2H3,(H,9,10)/t7-;6-/m00/s1. The van der Waals surface area contributed by atoms with Crippen molar-refractivity contribution in [1.29, 1.82) is 0 Å². The van der Waals surface area contributed by atoms with Gasteiger partial charge in [0.2, 0.25) is 0 Å². The fraction of sp³-hybridized carbons (Fsp3) is 0.812. The van der Waals surface area contributed by atoms with E-state index in [1.807, 2.05) is 27.7 Å². The number of carbonyl (C=O) groups excluding carboxylic acids is 1. The molecule has 8 heteroatoms. The molecular formula is C16H32N2O6. The highest BCUT2D eigenvalue weighted by atomic mass is 16.5. The van der Waals surface area contributed by atoms with Gasteiger partial charge in [-0.25, -0.2) is 9.59 Å². The van der Waals surface area contributed by atoms with E-state index in [4.69, 9.17) is 15.9 Å². The molecule has 0 aliphatic heterocycles. The van der Waals surface area contributed by atoms with Crippen LogP contribution in [0.1, 0.15) is 53.4 Å². The van der Waals surface area contributed by atoms with Crippen molar-refractivity contribution in [1.82, 2.24) is 5.32 Å². The van der Waals surface area contributed by atoms with Crippen LogP contribution in [-0.4, -0.2) is 47.4 Å². The molecule has 0 heterocycles. The first-order chi connectivity index (χ1) is 11.2. The number of methoxy groups -OCH3 is 1. The first kappa shape index (κ1) is 24.4. The molecule has 0 aromatic heterocycles. The van der Waals surface area contributed by atoms with Crippen molar-refractivity contribution in [3.05, 3.63) is 0 Å². The van der Waals surface area contributed by atoms with Crippen molar-refractivity contribution in [2.24, 2.45) is 17.6 Å². The van der Waals surface area contributed by atoms with Crippen molar-refractivity contribution >= 4 is 18.0 Å². The van der Waals surface area contributed by atoms with Crippen LogP contribution in [0, 0.1) is 11.8 Å². The second-order valence-corrected chi connectivity index (χ2v) is 5.47. The van der Waals surface area contributed by atoms with E-state index >= 15 is 0 Å². The predicted octanol–water partition coefficient (Wildman–Crippen LogP) is 2.07. The van der Waals surface area contributed by atoms with E-state index in [2.05, 4.69) is 10.1 Å². The van der Waals surface area contributed by atoms with E-state index in [-0.39, 0.29) is 11.8 Å². The molecule has 0 aliphatic rings. The molecular weight excluding hydrogens is 316 g/mol. The zero-order valence-electron chi connectivity index (χ0n) is 15.2. The van der Waals surface area contributed by atoms with Gasteiger partial charge in [0, 0.05) is 0 Å². The molecule has 8 nitrogen and oxygen atoms in total. The number of rotatable bonds is 9. The van der Waals surface area contributed by atoms with E-state index in [0.717, 1.165) is 12.8 Å². The fourth-order valence-electron chi connectivity index (χ4n) is 2.33. The van der Waals surface area contributed by atoms with E-state index in [1.165, 1.54) is 7.11 Å². The third-order valence-electron chi connectivity index (χ3n) is 4.09. The van der Waals surface area contributed by atoms with Gasteiger partial charge >= 0.3 is 18.0 Å². The number of alkyl carbamates (subject to hydrolysis) is 1. The molecule has 0 aliphatic carbocycles. The van der Waals surface area contributed by atoms with Crippen molar-refractivity contribution in [3.63, 3.8) is 0 Å². The van der Waals surface area contributed by atoms with E-state index in [0.29, 0.717) is 12.8 Å². The van der Waals surface area contributed by atoms with Crippen molar-refractivity contribution in [3.8, 4) is 0 Å². The molecule has 0 spiro atoms. The number of carboxylic acids is 2. The van der Waals surface area contributed by atoms with E-state index in [9.17, 15) is 14.4 Å². The molecule has 0 saturated heterocycles. The van der Waals surface area contributed by atoms with Crippen LogP contribution in [0.4, 0.5) is 4.79 Å².